The highest BCUT2D eigenvalue weighted by Crippen LogP contribution is 2.36. The van der Waals surface area contributed by atoms with Crippen molar-refractivity contribution in [3.63, 3.8) is 0 Å². The van der Waals surface area contributed by atoms with Gasteiger partial charge in [0.05, 0.1) is 5.92 Å². The molecule has 1 aromatic heterocycles. The number of rotatable bonds is 4. The zero-order valence-corrected chi connectivity index (χ0v) is 12.5. The summed E-state index contributed by atoms with van der Waals surface area (Å²) in [6.07, 6.45) is 7.42. The Balaban J connectivity index is 1.73. The standard InChI is InChI=1S/C15H25N3O2/c1-10-12(8-9-16-10)15-17-14(18-20-15)13(19-2)11-6-4-3-5-7-11/h10-13,16H,3-9H2,1-2H3. The molecule has 1 saturated heterocycles. The van der Waals surface area contributed by atoms with E-state index < -0.39 is 0 Å². The van der Waals surface area contributed by atoms with Gasteiger partial charge in [-0.3, -0.25) is 0 Å². The number of nitrogens with zero attached hydrogens (tertiary/aromatic N) is 2. The average molecular weight is 279 g/mol. The summed E-state index contributed by atoms with van der Waals surface area (Å²) >= 11 is 0. The number of aromatic nitrogens is 2. The van der Waals surface area contributed by atoms with Crippen LogP contribution in [0.2, 0.25) is 0 Å². The monoisotopic (exact) mass is 279 g/mol. The van der Waals surface area contributed by atoms with Gasteiger partial charge >= 0.3 is 0 Å². The molecule has 2 aliphatic rings. The van der Waals surface area contributed by atoms with Crippen LogP contribution >= 0.6 is 0 Å². The maximum Gasteiger partial charge on any atom is 0.231 e. The predicted molar refractivity (Wildman–Crippen MR) is 75.4 cm³/mol. The van der Waals surface area contributed by atoms with Crippen LogP contribution in [-0.4, -0.2) is 29.8 Å². The fraction of sp³-hybridized carbons (Fsp3) is 0.867. The van der Waals surface area contributed by atoms with Crippen LogP contribution in [0.15, 0.2) is 4.52 Å². The number of methoxy groups -OCH3 is 1. The smallest absolute Gasteiger partial charge is 0.231 e. The molecular formula is C15H25N3O2. The number of ether oxygens (including phenoxy) is 1. The lowest BCUT2D eigenvalue weighted by Gasteiger charge is -2.26. The zero-order chi connectivity index (χ0) is 13.9. The van der Waals surface area contributed by atoms with Crippen molar-refractivity contribution in [2.45, 2.75) is 63.5 Å². The van der Waals surface area contributed by atoms with Gasteiger partial charge in [0.25, 0.3) is 0 Å². The molecule has 0 radical (unpaired) electrons. The molecule has 1 aromatic rings. The summed E-state index contributed by atoms with van der Waals surface area (Å²) in [5, 5.41) is 7.63. The second-order valence-electron chi connectivity index (χ2n) is 6.18. The van der Waals surface area contributed by atoms with Crippen molar-refractivity contribution in [2.24, 2.45) is 5.92 Å². The molecular weight excluding hydrogens is 254 g/mol. The van der Waals surface area contributed by atoms with Gasteiger partial charge in [-0.1, -0.05) is 24.4 Å². The Morgan fingerprint density at radius 2 is 2.05 bits per heavy atom. The first-order chi connectivity index (χ1) is 9.79. The van der Waals surface area contributed by atoms with E-state index in [1.807, 2.05) is 0 Å². The van der Waals surface area contributed by atoms with E-state index in [0.29, 0.717) is 17.9 Å². The van der Waals surface area contributed by atoms with Crippen molar-refractivity contribution < 1.29 is 9.26 Å². The van der Waals surface area contributed by atoms with Crippen LogP contribution in [-0.2, 0) is 4.74 Å². The summed E-state index contributed by atoms with van der Waals surface area (Å²) in [6, 6.07) is 0.416. The van der Waals surface area contributed by atoms with E-state index in [1.54, 1.807) is 7.11 Å². The quantitative estimate of drug-likeness (QED) is 0.918. The van der Waals surface area contributed by atoms with E-state index in [4.69, 9.17) is 9.26 Å². The second kappa shape index (κ2) is 6.22. The normalized spacial score (nSPS) is 29.7. The molecule has 0 spiro atoms. The molecule has 0 aromatic carbocycles. The summed E-state index contributed by atoms with van der Waals surface area (Å²) < 4.78 is 11.2. The Hall–Kier alpha value is -0.940. The lowest BCUT2D eigenvalue weighted by Crippen LogP contribution is -2.22. The Labute approximate surface area is 120 Å². The van der Waals surface area contributed by atoms with Gasteiger partial charge in [0.1, 0.15) is 6.10 Å². The van der Waals surface area contributed by atoms with Crippen LogP contribution in [0.3, 0.4) is 0 Å². The highest BCUT2D eigenvalue weighted by Gasteiger charge is 2.33. The number of nitrogens with one attached hydrogen (secondary N) is 1. The van der Waals surface area contributed by atoms with Crippen LogP contribution < -0.4 is 5.32 Å². The fourth-order valence-corrected chi connectivity index (χ4v) is 3.66. The lowest BCUT2D eigenvalue weighted by atomic mass is 9.85. The molecule has 1 aliphatic carbocycles. The zero-order valence-electron chi connectivity index (χ0n) is 12.5. The molecule has 2 heterocycles. The molecule has 0 amide bonds. The van der Waals surface area contributed by atoms with Gasteiger partial charge < -0.3 is 14.6 Å². The van der Waals surface area contributed by atoms with Crippen LogP contribution in [0.25, 0.3) is 0 Å². The summed E-state index contributed by atoms with van der Waals surface area (Å²) in [7, 11) is 1.76. The maximum atomic E-state index is 5.68. The van der Waals surface area contributed by atoms with Gasteiger partial charge in [0.2, 0.25) is 11.7 Å². The molecule has 5 nitrogen and oxygen atoms in total. The van der Waals surface area contributed by atoms with Crippen LogP contribution in [0.4, 0.5) is 0 Å². The molecule has 112 valence electrons. The number of hydrogen-bond acceptors (Lipinski definition) is 5. The molecule has 3 rings (SSSR count). The van der Waals surface area contributed by atoms with Gasteiger partial charge in [-0.25, -0.2) is 0 Å². The van der Waals surface area contributed by atoms with Crippen LogP contribution in [0.1, 0.15) is 69.2 Å². The van der Waals surface area contributed by atoms with Crippen molar-refractivity contribution in [1.82, 2.24) is 15.5 Å². The molecule has 2 fully saturated rings. The van der Waals surface area contributed by atoms with Crippen LogP contribution in [0.5, 0.6) is 0 Å². The first-order valence-electron chi connectivity index (χ1n) is 7.89. The molecule has 1 saturated carbocycles. The molecule has 3 unspecified atom stereocenters. The van der Waals surface area contributed by atoms with Gasteiger partial charge in [-0.05, 0) is 38.6 Å². The topological polar surface area (TPSA) is 60.2 Å². The maximum absolute atomic E-state index is 5.68. The Bertz CT molecular complexity index is 429. The summed E-state index contributed by atoms with van der Waals surface area (Å²) in [4.78, 5) is 4.65. The highest BCUT2D eigenvalue weighted by molar-refractivity contribution is 5.04. The average Bonchev–Trinajstić information content (AvgIpc) is 3.10. The lowest BCUT2D eigenvalue weighted by molar-refractivity contribution is 0.0273. The minimum Gasteiger partial charge on any atom is -0.373 e. The Morgan fingerprint density at radius 1 is 1.25 bits per heavy atom. The van der Waals surface area contributed by atoms with Gasteiger partial charge in [0.15, 0.2) is 0 Å². The van der Waals surface area contributed by atoms with E-state index in [1.165, 1.54) is 32.1 Å². The third-order valence-corrected chi connectivity index (χ3v) is 4.89. The van der Waals surface area contributed by atoms with Crippen molar-refractivity contribution >= 4 is 0 Å². The molecule has 1 aliphatic heterocycles. The summed E-state index contributed by atoms with van der Waals surface area (Å²) in [5.74, 6) is 2.40. The second-order valence-corrected chi connectivity index (χ2v) is 6.18. The first-order valence-corrected chi connectivity index (χ1v) is 7.89. The van der Waals surface area contributed by atoms with E-state index >= 15 is 0 Å². The fourth-order valence-electron chi connectivity index (χ4n) is 3.66. The largest absolute Gasteiger partial charge is 0.373 e. The number of hydrogen-bond donors (Lipinski definition) is 1. The molecule has 1 N–H and O–H groups in total. The molecule has 3 atom stereocenters. The Kier molecular flexibility index (Phi) is 4.36. The minimum atomic E-state index is -0.00234. The highest BCUT2D eigenvalue weighted by atomic mass is 16.5. The third kappa shape index (κ3) is 2.74. The van der Waals surface area contributed by atoms with Crippen molar-refractivity contribution in [3.8, 4) is 0 Å². The van der Waals surface area contributed by atoms with E-state index in [0.717, 1.165) is 24.7 Å². The van der Waals surface area contributed by atoms with Gasteiger partial charge in [-0.2, -0.15) is 4.98 Å². The van der Waals surface area contributed by atoms with Gasteiger partial charge in [0, 0.05) is 13.2 Å². The molecule has 5 heteroatoms. The SMILES string of the molecule is COC(c1noc(C2CCNC2C)n1)C1CCCCC1. The summed E-state index contributed by atoms with van der Waals surface area (Å²) in [5.41, 5.74) is 0. The minimum absolute atomic E-state index is 0.00234. The van der Waals surface area contributed by atoms with Crippen LogP contribution in [0, 0.1) is 5.92 Å². The third-order valence-electron chi connectivity index (χ3n) is 4.89. The molecule has 0 bridgehead atoms. The predicted octanol–water partition coefficient (Wildman–Crippen LogP) is 2.80. The van der Waals surface area contributed by atoms with Crippen molar-refractivity contribution in [2.75, 3.05) is 13.7 Å². The summed E-state index contributed by atoms with van der Waals surface area (Å²) in [6.45, 7) is 3.20. The van der Waals surface area contributed by atoms with Gasteiger partial charge in [-0.15, -0.1) is 0 Å². The van der Waals surface area contributed by atoms with E-state index in [-0.39, 0.29) is 6.10 Å². The first kappa shape index (κ1) is 14.0. The van der Waals surface area contributed by atoms with Crippen molar-refractivity contribution in [1.29, 1.82) is 0 Å². The van der Waals surface area contributed by atoms with E-state index in [2.05, 4.69) is 22.4 Å². The molecule has 20 heavy (non-hydrogen) atoms. The van der Waals surface area contributed by atoms with Crippen molar-refractivity contribution in [3.05, 3.63) is 11.7 Å². The van der Waals surface area contributed by atoms with E-state index in [9.17, 15) is 0 Å². The Morgan fingerprint density at radius 3 is 2.70 bits per heavy atom.